The number of nitrogens with zero attached hydrogens (tertiary/aromatic N) is 2. The molecule has 5 nitrogen and oxygen atoms in total. The molecule has 1 saturated carbocycles. The molecule has 0 unspecified atom stereocenters. The van der Waals surface area contributed by atoms with Gasteiger partial charge >= 0.3 is 0 Å². The van der Waals surface area contributed by atoms with Crippen molar-refractivity contribution >= 4 is 36.4 Å². The Kier molecular flexibility index (Phi) is 8.35. The lowest BCUT2D eigenvalue weighted by Gasteiger charge is -2.19. The first-order valence-electron chi connectivity index (χ1n) is 9.73. The zero-order chi connectivity index (χ0) is 19.8. The molecule has 1 aliphatic carbocycles. The van der Waals surface area contributed by atoms with Crippen LogP contribution in [0.4, 0.5) is 5.69 Å². The predicted octanol–water partition coefficient (Wildman–Crippen LogP) is 5.23. The second-order valence-electron chi connectivity index (χ2n) is 9.81. The summed E-state index contributed by atoms with van der Waals surface area (Å²) in [6, 6.07) is 8.51. The molecule has 1 amide bonds. The number of halogens is 2. The second-order valence-corrected chi connectivity index (χ2v) is 9.81. The van der Waals surface area contributed by atoms with Crippen LogP contribution in [0.15, 0.2) is 36.7 Å². The minimum absolute atomic E-state index is 0. The molecule has 1 aromatic heterocycles. The van der Waals surface area contributed by atoms with Crippen LogP contribution in [-0.4, -0.2) is 28.3 Å². The highest BCUT2D eigenvalue weighted by Crippen LogP contribution is 2.41. The van der Waals surface area contributed by atoms with Crippen molar-refractivity contribution in [1.82, 2.24) is 15.1 Å². The summed E-state index contributed by atoms with van der Waals surface area (Å²) < 4.78 is 1.86. The minimum Gasteiger partial charge on any atom is -0.319 e. The van der Waals surface area contributed by atoms with E-state index in [9.17, 15) is 4.79 Å². The van der Waals surface area contributed by atoms with Crippen LogP contribution >= 0.6 is 24.8 Å². The number of rotatable bonds is 5. The zero-order valence-corrected chi connectivity index (χ0v) is 19.8. The molecule has 0 bridgehead atoms. The number of hydrogen-bond donors (Lipinski definition) is 2. The van der Waals surface area contributed by atoms with E-state index in [1.165, 1.54) is 5.56 Å². The van der Waals surface area contributed by atoms with Gasteiger partial charge in [0.15, 0.2) is 0 Å². The molecule has 0 saturated heterocycles. The van der Waals surface area contributed by atoms with E-state index in [2.05, 4.69) is 63.3 Å². The summed E-state index contributed by atoms with van der Waals surface area (Å²) in [7, 11) is 0. The van der Waals surface area contributed by atoms with Gasteiger partial charge in [-0.25, -0.2) is 0 Å². The third kappa shape index (κ3) is 7.02. The van der Waals surface area contributed by atoms with Crippen molar-refractivity contribution in [2.24, 2.45) is 5.41 Å². The molecule has 29 heavy (non-hydrogen) atoms. The van der Waals surface area contributed by atoms with Crippen molar-refractivity contribution in [3.05, 3.63) is 47.8 Å². The lowest BCUT2D eigenvalue weighted by atomic mass is 9.97. The van der Waals surface area contributed by atoms with Gasteiger partial charge in [0.25, 0.3) is 5.91 Å². The van der Waals surface area contributed by atoms with E-state index in [0.29, 0.717) is 17.5 Å². The predicted molar refractivity (Wildman–Crippen MR) is 125 cm³/mol. The number of carbonyl (C=O) groups is 1. The molecule has 1 aromatic carbocycles. The van der Waals surface area contributed by atoms with E-state index in [4.69, 9.17) is 0 Å². The molecule has 0 spiro atoms. The molecule has 2 aromatic rings. The number of hydrogen-bond acceptors (Lipinski definition) is 3. The van der Waals surface area contributed by atoms with Gasteiger partial charge in [-0.1, -0.05) is 32.9 Å². The molecule has 1 aliphatic rings. The first kappa shape index (κ1) is 25.5. The number of nitrogens with one attached hydrogen (secondary N) is 2. The van der Waals surface area contributed by atoms with Gasteiger partial charge in [0.2, 0.25) is 0 Å². The summed E-state index contributed by atoms with van der Waals surface area (Å²) in [5.74, 6) is 0.411. The Morgan fingerprint density at radius 3 is 2.45 bits per heavy atom. The van der Waals surface area contributed by atoms with Crippen LogP contribution in [0.2, 0.25) is 0 Å². The lowest BCUT2D eigenvalue weighted by Crippen LogP contribution is -2.29. The smallest absolute Gasteiger partial charge is 0.255 e. The number of anilines is 1. The summed E-state index contributed by atoms with van der Waals surface area (Å²) in [5.41, 5.74) is 2.82. The topological polar surface area (TPSA) is 59.0 Å². The van der Waals surface area contributed by atoms with Crippen LogP contribution in [0.5, 0.6) is 0 Å². The van der Waals surface area contributed by atoms with Crippen LogP contribution in [0, 0.1) is 5.41 Å². The summed E-state index contributed by atoms with van der Waals surface area (Å²) >= 11 is 0. The van der Waals surface area contributed by atoms with Gasteiger partial charge in [0.05, 0.1) is 17.4 Å². The van der Waals surface area contributed by atoms with Crippen molar-refractivity contribution < 1.29 is 4.79 Å². The first-order chi connectivity index (χ1) is 12.5. The maximum atomic E-state index is 12.6. The Morgan fingerprint density at radius 1 is 1.17 bits per heavy atom. The van der Waals surface area contributed by atoms with Crippen molar-refractivity contribution in [2.75, 3.05) is 11.9 Å². The molecule has 162 valence electrons. The van der Waals surface area contributed by atoms with Crippen molar-refractivity contribution in [3.63, 3.8) is 0 Å². The Labute approximate surface area is 186 Å². The monoisotopic (exact) mass is 440 g/mol. The molecule has 0 radical (unpaired) electrons. The fourth-order valence-corrected chi connectivity index (χ4v) is 3.09. The zero-order valence-electron chi connectivity index (χ0n) is 18.2. The third-order valence-electron chi connectivity index (χ3n) is 4.79. The highest BCUT2D eigenvalue weighted by Gasteiger charge is 2.38. The summed E-state index contributed by atoms with van der Waals surface area (Å²) in [5, 5.41) is 10.9. The Balaban J connectivity index is 0.00000210. The molecule has 2 atom stereocenters. The largest absolute Gasteiger partial charge is 0.319 e. The van der Waals surface area contributed by atoms with E-state index in [1.54, 1.807) is 6.20 Å². The van der Waals surface area contributed by atoms with Crippen LogP contribution in [0.1, 0.15) is 69.8 Å². The number of amides is 1. The Bertz CT molecular complexity index is 821. The summed E-state index contributed by atoms with van der Waals surface area (Å²) in [6.07, 6.45) is 4.70. The average molecular weight is 441 g/mol. The van der Waals surface area contributed by atoms with Gasteiger partial charge in [-0.05, 0) is 50.3 Å². The van der Waals surface area contributed by atoms with Crippen molar-refractivity contribution in [3.8, 4) is 0 Å². The molecular weight excluding hydrogens is 407 g/mol. The van der Waals surface area contributed by atoms with Crippen LogP contribution in [0.25, 0.3) is 0 Å². The van der Waals surface area contributed by atoms with Gasteiger partial charge < -0.3 is 10.6 Å². The van der Waals surface area contributed by atoms with Crippen LogP contribution in [0.3, 0.4) is 0 Å². The molecule has 7 heteroatoms. The van der Waals surface area contributed by atoms with Crippen LogP contribution < -0.4 is 10.6 Å². The van der Waals surface area contributed by atoms with E-state index < -0.39 is 0 Å². The van der Waals surface area contributed by atoms with Gasteiger partial charge in [0, 0.05) is 30.3 Å². The van der Waals surface area contributed by atoms with E-state index in [1.807, 2.05) is 29.1 Å². The number of aromatic nitrogens is 2. The molecule has 0 aliphatic heterocycles. The maximum Gasteiger partial charge on any atom is 0.255 e. The second kappa shape index (κ2) is 9.50. The molecule has 2 N–H and O–H groups in total. The minimum atomic E-state index is -0.107. The van der Waals surface area contributed by atoms with E-state index >= 15 is 0 Å². The van der Waals surface area contributed by atoms with Gasteiger partial charge in [-0.15, -0.1) is 24.8 Å². The SMILES string of the molecule is CC(C)(C)CN[C@@H]1C[C@H]1c1cccc(C(=O)Nc2cnn(C(C)(C)C)c2)c1.Cl.Cl. The fraction of sp³-hybridized carbons (Fsp3) is 0.545. The van der Waals surface area contributed by atoms with Crippen LogP contribution in [-0.2, 0) is 5.54 Å². The van der Waals surface area contributed by atoms with E-state index in [-0.39, 0.29) is 41.7 Å². The lowest BCUT2D eigenvalue weighted by molar-refractivity contribution is 0.102. The standard InChI is InChI=1S/C22H32N4O.2ClH/c1-21(2,3)14-23-19-11-18(19)15-8-7-9-16(10-15)20(27)25-17-12-24-26(13-17)22(4,5)6;;/h7-10,12-13,18-19,23H,11,14H2,1-6H3,(H,25,27);2*1H/t18-,19+;;/m0../s1. The van der Waals surface area contributed by atoms with Crippen molar-refractivity contribution in [1.29, 1.82) is 0 Å². The summed E-state index contributed by atoms with van der Waals surface area (Å²) in [4.78, 5) is 12.6. The molecule has 3 rings (SSSR count). The van der Waals surface area contributed by atoms with Gasteiger partial charge in [-0.3, -0.25) is 9.48 Å². The first-order valence-corrected chi connectivity index (χ1v) is 9.73. The molecule has 1 fully saturated rings. The molecular formula is C22H34Cl2N4O. The maximum absolute atomic E-state index is 12.6. The Morgan fingerprint density at radius 2 is 1.86 bits per heavy atom. The normalized spacial score (nSPS) is 18.4. The highest BCUT2D eigenvalue weighted by molar-refractivity contribution is 6.04. The van der Waals surface area contributed by atoms with Gasteiger partial charge in [0.1, 0.15) is 0 Å². The summed E-state index contributed by atoms with van der Waals surface area (Å²) in [6.45, 7) is 14.0. The van der Waals surface area contributed by atoms with Crippen molar-refractivity contribution in [2.45, 2.75) is 65.5 Å². The quantitative estimate of drug-likeness (QED) is 0.669. The average Bonchev–Trinajstić information content (AvgIpc) is 3.20. The molecule has 1 heterocycles. The van der Waals surface area contributed by atoms with E-state index in [0.717, 1.165) is 18.7 Å². The third-order valence-corrected chi connectivity index (χ3v) is 4.79. The Hall–Kier alpha value is -1.56. The number of benzene rings is 1. The van der Waals surface area contributed by atoms with Gasteiger partial charge in [-0.2, -0.15) is 5.10 Å². The highest BCUT2D eigenvalue weighted by atomic mass is 35.5. The fourth-order valence-electron chi connectivity index (χ4n) is 3.09. The number of carbonyl (C=O) groups excluding carboxylic acids is 1.